The fraction of sp³-hybridized carbons (Fsp3) is 0.286. The molecule has 0 saturated carbocycles. The Morgan fingerprint density at radius 3 is 2.85 bits per heavy atom. The average Bonchev–Trinajstić information content (AvgIpc) is 2.78. The summed E-state index contributed by atoms with van der Waals surface area (Å²) < 4.78 is 2.60. The van der Waals surface area contributed by atoms with Gasteiger partial charge in [-0.15, -0.1) is 0 Å². The molecule has 2 rings (SSSR count). The number of hydrogen-bond donors (Lipinski definition) is 1. The zero-order valence-corrected chi connectivity index (χ0v) is 13.3. The largest absolute Gasteiger partial charge is 0.323 e. The number of rotatable bonds is 3. The third-order valence-electron chi connectivity index (χ3n) is 2.89. The molecule has 1 aromatic heterocycles. The average molecular weight is 337 g/mol. The number of carbonyl (C=O) groups is 1. The Hall–Kier alpha value is -1.82. The van der Waals surface area contributed by atoms with Crippen molar-refractivity contribution >= 4 is 27.6 Å². The van der Waals surface area contributed by atoms with Crippen molar-refractivity contribution in [3.63, 3.8) is 0 Å². The fourth-order valence-electron chi connectivity index (χ4n) is 1.83. The topological polar surface area (TPSA) is 50.2 Å². The quantitative estimate of drug-likeness (QED) is 0.935. The Kier molecular flexibility index (Phi) is 4.44. The fourth-order valence-corrected chi connectivity index (χ4v) is 2.42. The molecule has 1 N–H and O–H groups in total. The minimum absolute atomic E-state index is 0.154. The lowest BCUT2D eigenvalue weighted by Crippen LogP contribution is -2.30. The predicted octanol–water partition coefficient (Wildman–Crippen LogP) is 3.15. The summed E-state index contributed by atoms with van der Waals surface area (Å²) in [5.74, 6) is 0. The van der Waals surface area contributed by atoms with E-state index in [-0.39, 0.29) is 6.03 Å². The Labute approximate surface area is 126 Å². The van der Waals surface area contributed by atoms with E-state index in [0.29, 0.717) is 6.54 Å². The summed E-state index contributed by atoms with van der Waals surface area (Å²) in [5, 5.41) is 6.96. The molecule has 0 atom stereocenters. The highest BCUT2D eigenvalue weighted by Crippen LogP contribution is 2.23. The van der Waals surface area contributed by atoms with Crippen LogP contribution in [0.3, 0.4) is 0 Å². The van der Waals surface area contributed by atoms with Gasteiger partial charge in [0.05, 0.1) is 18.4 Å². The first-order chi connectivity index (χ1) is 9.45. The Morgan fingerprint density at radius 1 is 1.50 bits per heavy atom. The van der Waals surface area contributed by atoms with Crippen molar-refractivity contribution in [1.82, 2.24) is 14.7 Å². The summed E-state index contributed by atoms with van der Waals surface area (Å²) in [6, 6.07) is 5.66. The van der Waals surface area contributed by atoms with Gasteiger partial charge in [0.15, 0.2) is 0 Å². The van der Waals surface area contributed by atoms with E-state index < -0.39 is 0 Å². The minimum Gasteiger partial charge on any atom is -0.323 e. The van der Waals surface area contributed by atoms with Crippen molar-refractivity contribution in [2.24, 2.45) is 7.05 Å². The van der Waals surface area contributed by atoms with Crippen LogP contribution >= 0.6 is 15.9 Å². The van der Waals surface area contributed by atoms with Crippen LogP contribution in [-0.4, -0.2) is 27.8 Å². The van der Waals surface area contributed by atoms with Crippen LogP contribution in [0, 0.1) is 6.92 Å². The number of nitrogens with one attached hydrogen (secondary N) is 1. The van der Waals surface area contributed by atoms with Gasteiger partial charge in [-0.1, -0.05) is 6.07 Å². The molecule has 0 spiro atoms. The molecule has 0 unspecified atom stereocenters. The zero-order chi connectivity index (χ0) is 14.7. The molecule has 0 bridgehead atoms. The molecule has 1 heterocycles. The molecule has 0 aliphatic heterocycles. The van der Waals surface area contributed by atoms with Crippen molar-refractivity contribution in [2.45, 2.75) is 13.5 Å². The number of hydrogen-bond acceptors (Lipinski definition) is 2. The van der Waals surface area contributed by atoms with E-state index in [0.717, 1.165) is 21.3 Å². The number of benzene rings is 1. The number of halogens is 1. The zero-order valence-electron chi connectivity index (χ0n) is 11.7. The van der Waals surface area contributed by atoms with Crippen molar-refractivity contribution in [3.05, 3.63) is 46.2 Å². The first-order valence-corrected chi connectivity index (χ1v) is 7.01. The first kappa shape index (κ1) is 14.6. The Morgan fingerprint density at radius 2 is 2.25 bits per heavy atom. The smallest absolute Gasteiger partial charge is 0.321 e. The van der Waals surface area contributed by atoms with Gasteiger partial charge in [0.2, 0.25) is 0 Å². The molecule has 20 heavy (non-hydrogen) atoms. The SMILES string of the molecule is Cc1ccc(NC(=O)N(C)Cc2cnn(C)c2)c(Br)c1. The van der Waals surface area contributed by atoms with Crippen LogP contribution < -0.4 is 5.32 Å². The number of amides is 2. The summed E-state index contributed by atoms with van der Waals surface area (Å²) in [4.78, 5) is 13.7. The van der Waals surface area contributed by atoms with Gasteiger partial charge in [-0.3, -0.25) is 4.68 Å². The lowest BCUT2D eigenvalue weighted by molar-refractivity contribution is 0.220. The molecule has 2 amide bonds. The van der Waals surface area contributed by atoms with Crippen molar-refractivity contribution < 1.29 is 4.79 Å². The molecule has 5 nitrogen and oxygen atoms in total. The van der Waals surface area contributed by atoms with Gasteiger partial charge in [-0.25, -0.2) is 4.79 Å². The minimum atomic E-state index is -0.154. The number of aryl methyl sites for hydroxylation is 2. The van der Waals surface area contributed by atoms with Gasteiger partial charge in [-0.05, 0) is 40.5 Å². The molecule has 0 fully saturated rings. The number of carbonyl (C=O) groups excluding carboxylic acids is 1. The summed E-state index contributed by atoms with van der Waals surface area (Å²) in [6.45, 7) is 2.52. The maximum atomic E-state index is 12.1. The normalized spacial score (nSPS) is 10.4. The van der Waals surface area contributed by atoms with Crippen LogP contribution in [0.2, 0.25) is 0 Å². The van der Waals surface area contributed by atoms with E-state index >= 15 is 0 Å². The molecule has 1 aromatic carbocycles. The Balaban J connectivity index is 2.00. The molecule has 0 aliphatic carbocycles. The maximum absolute atomic E-state index is 12.1. The van der Waals surface area contributed by atoms with Gasteiger partial charge in [0, 0.05) is 30.3 Å². The second kappa shape index (κ2) is 6.09. The van der Waals surface area contributed by atoms with Crippen LogP contribution in [0.4, 0.5) is 10.5 Å². The Bertz CT molecular complexity index is 623. The van der Waals surface area contributed by atoms with Crippen LogP contribution in [0.5, 0.6) is 0 Å². The summed E-state index contributed by atoms with van der Waals surface area (Å²) in [7, 11) is 3.61. The number of nitrogens with zero attached hydrogens (tertiary/aromatic N) is 3. The van der Waals surface area contributed by atoms with Crippen molar-refractivity contribution in [1.29, 1.82) is 0 Å². The molecular formula is C14H17BrN4O. The lowest BCUT2D eigenvalue weighted by atomic mass is 10.2. The summed E-state index contributed by atoms with van der Waals surface area (Å²) in [5.41, 5.74) is 2.89. The van der Waals surface area contributed by atoms with E-state index in [1.807, 2.05) is 38.4 Å². The maximum Gasteiger partial charge on any atom is 0.321 e. The van der Waals surface area contributed by atoms with Gasteiger partial charge in [0.25, 0.3) is 0 Å². The van der Waals surface area contributed by atoms with Crippen molar-refractivity contribution in [3.8, 4) is 0 Å². The summed E-state index contributed by atoms with van der Waals surface area (Å²) >= 11 is 3.45. The molecule has 2 aromatic rings. The third kappa shape index (κ3) is 3.60. The highest BCUT2D eigenvalue weighted by molar-refractivity contribution is 9.10. The van der Waals surface area contributed by atoms with Gasteiger partial charge < -0.3 is 10.2 Å². The predicted molar refractivity (Wildman–Crippen MR) is 82.6 cm³/mol. The van der Waals surface area contributed by atoms with Crippen LogP contribution in [0.1, 0.15) is 11.1 Å². The van der Waals surface area contributed by atoms with Crippen molar-refractivity contribution in [2.75, 3.05) is 12.4 Å². The number of anilines is 1. The second-order valence-corrected chi connectivity index (χ2v) is 5.65. The van der Waals surface area contributed by atoms with Gasteiger partial charge >= 0.3 is 6.03 Å². The van der Waals surface area contributed by atoms with E-state index in [2.05, 4.69) is 26.3 Å². The van der Waals surface area contributed by atoms with Gasteiger partial charge in [0.1, 0.15) is 0 Å². The molecular weight excluding hydrogens is 320 g/mol. The molecule has 0 saturated heterocycles. The van der Waals surface area contributed by atoms with E-state index in [4.69, 9.17) is 0 Å². The van der Waals surface area contributed by atoms with E-state index in [1.165, 1.54) is 0 Å². The number of aromatic nitrogens is 2. The van der Waals surface area contributed by atoms with Gasteiger partial charge in [-0.2, -0.15) is 5.10 Å². The standard InChI is InChI=1S/C14H17BrN4O/c1-10-4-5-13(12(15)6-10)17-14(20)18(2)8-11-7-16-19(3)9-11/h4-7,9H,8H2,1-3H3,(H,17,20). The number of urea groups is 1. The van der Waals surface area contributed by atoms with Crippen LogP contribution in [0.25, 0.3) is 0 Å². The molecule has 106 valence electrons. The molecule has 0 radical (unpaired) electrons. The first-order valence-electron chi connectivity index (χ1n) is 6.21. The summed E-state index contributed by atoms with van der Waals surface area (Å²) in [6.07, 6.45) is 3.65. The second-order valence-electron chi connectivity index (χ2n) is 4.79. The molecule has 0 aliphatic rings. The lowest BCUT2D eigenvalue weighted by Gasteiger charge is -2.18. The monoisotopic (exact) mass is 336 g/mol. The third-order valence-corrected chi connectivity index (χ3v) is 3.55. The van der Waals surface area contributed by atoms with Crippen LogP contribution in [-0.2, 0) is 13.6 Å². The highest BCUT2D eigenvalue weighted by Gasteiger charge is 2.11. The molecule has 6 heteroatoms. The van der Waals surface area contributed by atoms with Crippen LogP contribution in [0.15, 0.2) is 35.1 Å². The van der Waals surface area contributed by atoms with E-state index in [9.17, 15) is 4.79 Å². The van der Waals surface area contributed by atoms with E-state index in [1.54, 1.807) is 22.8 Å². The highest BCUT2D eigenvalue weighted by atomic mass is 79.9.